The molecule has 3 nitrogen and oxygen atoms in total. The summed E-state index contributed by atoms with van der Waals surface area (Å²) in [6.07, 6.45) is 3.85. The molecule has 3 heteroatoms. The van der Waals surface area contributed by atoms with Gasteiger partial charge in [0.2, 0.25) is 0 Å². The average Bonchev–Trinajstić information content (AvgIpc) is 2.71. The van der Waals surface area contributed by atoms with E-state index in [1.165, 1.54) is 45.4 Å². The third kappa shape index (κ3) is 4.81. The summed E-state index contributed by atoms with van der Waals surface area (Å²) in [5.41, 5.74) is 0. The maximum absolute atomic E-state index is 3.63. The van der Waals surface area contributed by atoms with Crippen LogP contribution >= 0.6 is 0 Å². The van der Waals surface area contributed by atoms with Gasteiger partial charge in [0.05, 0.1) is 0 Å². The van der Waals surface area contributed by atoms with Gasteiger partial charge in [0.15, 0.2) is 0 Å². The van der Waals surface area contributed by atoms with Crippen molar-refractivity contribution in [3.05, 3.63) is 0 Å². The smallest absolute Gasteiger partial charge is 0.0207 e. The third-order valence-electron chi connectivity index (χ3n) is 3.52. The molecule has 0 aromatic carbocycles. The van der Waals surface area contributed by atoms with Crippen molar-refractivity contribution in [1.29, 1.82) is 0 Å². The lowest BCUT2D eigenvalue weighted by molar-refractivity contribution is 0.223. The zero-order valence-electron chi connectivity index (χ0n) is 11.5. The molecule has 0 spiro atoms. The summed E-state index contributed by atoms with van der Waals surface area (Å²) in [7, 11) is 4.31. The first-order valence-corrected chi connectivity index (χ1v) is 6.75. The van der Waals surface area contributed by atoms with Crippen LogP contribution in [0, 0.1) is 0 Å². The van der Waals surface area contributed by atoms with Crippen molar-refractivity contribution in [2.24, 2.45) is 0 Å². The molecular formula is C13H29N3. The Bertz CT molecular complexity index is 182. The lowest BCUT2D eigenvalue weighted by Gasteiger charge is -2.25. The standard InChI is InChI=1S/C13H29N3/c1-5-8-14-13-7-10-16(11-13)12(2)6-9-15(3)4/h12-14H,5-11H2,1-4H3. The third-order valence-corrected chi connectivity index (χ3v) is 3.52. The molecule has 1 N–H and O–H groups in total. The Balaban J connectivity index is 2.18. The number of hydrogen-bond donors (Lipinski definition) is 1. The molecule has 2 unspecified atom stereocenters. The van der Waals surface area contributed by atoms with Gasteiger partial charge in [-0.25, -0.2) is 0 Å². The summed E-state index contributed by atoms with van der Waals surface area (Å²) in [4.78, 5) is 4.91. The fraction of sp³-hybridized carbons (Fsp3) is 1.00. The minimum absolute atomic E-state index is 0.732. The van der Waals surface area contributed by atoms with Gasteiger partial charge in [-0.1, -0.05) is 6.92 Å². The van der Waals surface area contributed by atoms with Gasteiger partial charge in [0.1, 0.15) is 0 Å². The zero-order chi connectivity index (χ0) is 12.0. The molecule has 0 amide bonds. The van der Waals surface area contributed by atoms with Gasteiger partial charge >= 0.3 is 0 Å². The van der Waals surface area contributed by atoms with E-state index in [1.807, 2.05) is 0 Å². The van der Waals surface area contributed by atoms with Crippen LogP contribution in [0.1, 0.15) is 33.1 Å². The molecule has 0 aliphatic carbocycles. The second kappa shape index (κ2) is 7.25. The van der Waals surface area contributed by atoms with E-state index in [4.69, 9.17) is 0 Å². The highest BCUT2D eigenvalue weighted by Crippen LogP contribution is 2.14. The Kier molecular flexibility index (Phi) is 6.32. The van der Waals surface area contributed by atoms with E-state index in [-0.39, 0.29) is 0 Å². The molecule has 1 aliphatic heterocycles. The SMILES string of the molecule is CCCNC1CCN(C(C)CCN(C)C)C1. The molecule has 16 heavy (non-hydrogen) atoms. The molecule has 1 heterocycles. The van der Waals surface area contributed by atoms with E-state index in [1.54, 1.807) is 0 Å². The summed E-state index contributed by atoms with van der Waals surface area (Å²) in [6.45, 7) is 9.49. The van der Waals surface area contributed by atoms with E-state index in [2.05, 4.69) is 43.1 Å². The van der Waals surface area contributed by atoms with Gasteiger partial charge in [0, 0.05) is 25.2 Å². The van der Waals surface area contributed by atoms with Crippen LogP contribution in [-0.2, 0) is 0 Å². The van der Waals surface area contributed by atoms with Crippen molar-refractivity contribution in [3.8, 4) is 0 Å². The largest absolute Gasteiger partial charge is 0.313 e. The summed E-state index contributed by atoms with van der Waals surface area (Å²) < 4.78 is 0. The lowest BCUT2D eigenvalue weighted by Crippen LogP contribution is -2.37. The number of likely N-dealkylation sites (tertiary alicyclic amines) is 1. The van der Waals surface area contributed by atoms with Crippen LogP contribution in [0.2, 0.25) is 0 Å². The molecule has 1 rings (SSSR count). The van der Waals surface area contributed by atoms with Gasteiger partial charge in [-0.05, 0) is 53.4 Å². The Morgan fingerprint density at radius 2 is 2.19 bits per heavy atom. The number of nitrogens with one attached hydrogen (secondary N) is 1. The Morgan fingerprint density at radius 1 is 1.44 bits per heavy atom. The maximum Gasteiger partial charge on any atom is 0.0207 e. The molecule has 1 aliphatic rings. The molecule has 1 fully saturated rings. The highest BCUT2D eigenvalue weighted by Gasteiger charge is 2.25. The topological polar surface area (TPSA) is 18.5 Å². The summed E-state index contributed by atoms with van der Waals surface area (Å²) >= 11 is 0. The van der Waals surface area contributed by atoms with Crippen LogP contribution in [0.4, 0.5) is 0 Å². The van der Waals surface area contributed by atoms with E-state index >= 15 is 0 Å². The minimum Gasteiger partial charge on any atom is -0.313 e. The van der Waals surface area contributed by atoms with E-state index in [0.29, 0.717) is 0 Å². The molecule has 0 aromatic heterocycles. The fourth-order valence-electron chi connectivity index (χ4n) is 2.33. The molecule has 0 radical (unpaired) electrons. The number of hydrogen-bond acceptors (Lipinski definition) is 3. The van der Waals surface area contributed by atoms with Crippen LogP contribution < -0.4 is 5.32 Å². The van der Waals surface area contributed by atoms with Crippen LogP contribution in [0.15, 0.2) is 0 Å². The zero-order valence-corrected chi connectivity index (χ0v) is 11.5. The van der Waals surface area contributed by atoms with Crippen molar-refractivity contribution < 1.29 is 0 Å². The first kappa shape index (κ1) is 13.9. The minimum atomic E-state index is 0.732. The van der Waals surface area contributed by atoms with Crippen LogP contribution in [0.25, 0.3) is 0 Å². The predicted molar refractivity (Wildman–Crippen MR) is 70.9 cm³/mol. The summed E-state index contributed by atoms with van der Waals surface area (Å²) in [5.74, 6) is 0. The number of nitrogens with zero attached hydrogens (tertiary/aromatic N) is 2. The maximum atomic E-state index is 3.63. The van der Waals surface area contributed by atoms with Crippen LogP contribution in [0.3, 0.4) is 0 Å². The molecule has 0 saturated carbocycles. The van der Waals surface area contributed by atoms with Crippen LogP contribution in [-0.4, -0.2) is 62.2 Å². The first-order chi connectivity index (χ1) is 7.63. The summed E-state index contributed by atoms with van der Waals surface area (Å²) in [5, 5.41) is 3.63. The fourth-order valence-corrected chi connectivity index (χ4v) is 2.33. The van der Waals surface area contributed by atoms with Gasteiger partial charge in [-0.2, -0.15) is 0 Å². The monoisotopic (exact) mass is 227 g/mol. The Labute approximate surface area is 101 Å². The van der Waals surface area contributed by atoms with Crippen molar-refractivity contribution in [3.63, 3.8) is 0 Å². The molecule has 0 bridgehead atoms. The normalized spacial score (nSPS) is 24.2. The molecule has 0 aromatic rings. The van der Waals surface area contributed by atoms with Gasteiger partial charge < -0.3 is 10.2 Å². The Morgan fingerprint density at radius 3 is 2.81 bits per heavy atom. The van der Waals surface area contributed by atoms with Crippen LogP contribution in [0.5, 0.6) is 0 Å². The Hall–Kier alpha value is -0.120. The second-order valence-corrected chi connectivity index (χ2v) is 5.38. The lowest BCUT2D eigenvalue weighted by atomic mass is 10.2. The second-order valence-electron chi connectivity index (χ2n) is 5.38. The quantitative estimate of drug-likeness (QED) is 0.709. The highest BCUT2D eigenvalue weighted by atomic mass is 15.2. The number of rotatable bonds is 7. The highest BCUT2D eigenvalue weighted by molar-refractivity contribution is 4.83. The molecular weight excluding hydrogens is 198 g/mol. The van der Waals surface area contributed by atoms with Crippen molar-refractivity contribution in [1.82, 2.24) is 15.1 Å². The van der Waals surface area contributed by atoms with Gasteiger partial charge in [-0.3, -0.25) is 4.90 Å². The first-order valence-electron chi connectivity index (χ1n) is 6.75. The van der Waals surface area contributed by atoms with Gasteiger partial charge in [0.25, 0.3) is 0 Å². The van der Waals surface area contributed by atoms with Crippen molar-refractivity contribution in [2.45, 2.75) is 45.2 Å². The van der Waals surface area contributed by atoms with E-state index < -0.39 is 0 Å². The predicted octanol–water partition coefficient (Wildman–Crippen LogP) is 1.40. The average molecular weight is 227 g/mol. The van der Waals surface area contributed by atoms with Gasteiger partial charge in [-0.15, -0.1) is 0 Å². The van der Waals surface area contributed by atoms with E-state index in [0.717, 1.165) is 12.1 Å². The molecule has 2 atom stereocenters. The summed E-state index contributed by atoms with van der Waals surface area (Å²) in [6, 6.07) is 1.47. The van der Waals surface area contributed by atoms with E-state index in [9.17, 15) is 0 Å². The molecule has 1 saturated heterocycles. The molecule has 96 valence electrons. The van der Waals surface area contributed by atoms with Crippen molar-refractivity contribution >= 4 is 0 Å². The van der Waals surface area contributed by atoms with Crippen molar-refractivity contribution in [2.75, 3.05) is 40.3 Å².